The van der Waals surface area contributed by atoms with E-state index >= 15 is 0 Å². The molecule has 1 rings (SSSR count). The van der Waals surface area contributed by atoms with Gasteiger partial charge in [0.05, 0.1) is 12.2 Å². The van der Waals surface area contributed by atoms with E-state index in [1.54, 1.807) is 0 Å². The Morgan fingerprint density at radius 3 is 2.86 bits per heavy atom. The molecule has 1 fully saturated rings. The van der Waals surface area contributed by atoms with Crippen molar-refractivity contribution < 1.29 is 9.53 Å². The van der Waals surface area contributed by atoms with E-state index in [-0.39, 0.29) is 11.5 Å². The van der Waals surface area contributed by atoms with Crippen LogP contribution in [0.1, 0.15) is 26.7 Å². The van der Waals surface area contributed by atoms with Crippen LogP contribution in [0.25, 0.3) is 0 Å². The average molecular weight is 200 g/mol. The van der Waals surface area contributed by atoms with E-state index in [1.165, 1.54) is 0 Å². The van der Waals surface area contributed by atoms with Crippen molar-refractivity contribution in [1.82, 2.24) is 10.6 Å². The van der Waals surface area contributed by atoms with Crippen molar-refractivity contribution in [3.05, 3.63) is 0 Å². The molecule has 4 nitrogen and oxygen atoms in total. The molecule has 1 aliphatic heterocycles. The number of hydrogen-bond acceptors (Lipinski definition) is 3. The lowest BCUT2D eigenvalue weighted by Gasteiger charge is -2.37. The molecular weight excluding hydrogens is 180 g/mol. The molecule has 14 heavy (non-hydrogen) atoms. The molecule has 82 valence electrons. The third-order valence-electron chi connectivity index (χ3n) is 2.71. The van der Waals surface area contributed by atoms with Gasteiger partial charge in [0.1, 0.15) is 0 Å². The Kier molecular flexibility index (Phi) is 4.35. The van der Waals surface area contributed by atoms with Crippen LogP contribution in [0.5, 0.6) is 0 Å². The summed E-state index contributed by atoms with van der Waals surface area (Å²) in [6, 6.07) is 0. The van der Waals surface area contributed by atoms with Crippen LogP contribution in [0.4, 0.5) is 0 Å². The highest BCUT2D eigenvalue weighted by molar-refractivity contribution is 5.75. The molecular formula is C10H20N2O2. The number of nitrogens with one attached hydrogen (secondary N) is 2. The maximum atomic E-state index is 11.1. The number of carbonyl (C=O) groups excluding carboxylic acids is 1. The first kappa shape index (κ1) is 11.5. The molecule has 2 N–H and O–H groups in total. The predicted octanol–water partition coefficient (Wildman–Crippen LogP) is 0.281. The van der Waals surface area contributed by atoms with E-state index in [0.29, 0.717) is 13.0 Å². The Bertz CT molecular complexity index is 189. The summed E-state index contributed by atoms with van der Waals surface area (Å²) in [5.74, 6) is 0.0898. The number of rotatable bonds is 4. The molecule has 1 atom stereocenters. The summed E-state index contributed by atoms with van der Waals surface area (Å²) in [5, 5.41) is 6.18. The summed E-state index contributed by atoms with van der Waals surface area (Å²) in [7, 11) is 0. The minimum Gasteiger partial charge on any atom is -0.371 e. The predicted molar refractivity (Wildman–Crippen MR) is 55.1 cm³/mol. The fourth-order valence-electron chi connectivity index (χ4n) is 1.56. The largest absolute Gasteiger partial charge is 0.371 e. The first-order valence-corrected chi connectivity index (χ1v) is 5.34. The van der Waals surface area contributed by atoms with Gasteiger partial charge in [-0.25, -0.2) is 0 Å². The van der Waals surface area contributed by atoms with Crippen molar-refractivity contribution in [2.45, 2.75) is 32.3 Å². The van der Waals surface area contributed by atoms with Crippen molar-refractivity contribution in [3.8, 4) is 0 Å². The summed E-state index contributed by atoms with van der Waals surface area (Å²) < 4.78 is 5.73. The second-order valence-electron chi connectivity index (χ2n) is 3.69. The standard InChI is InChI=1S/C10H20N2O2/c1-3-9(13)12-8-10(4-2)7-11-5-6-14-10/h11H,3-8H2,1-2H3,(H,12,13). The van der Waals surface area contributed by atoms with Gasteiger partial charge in [-0.15, -0.1) is 0 Å². The van der Waals surface area contributed by atoms with Crippen LogP contribution in [0.15, 0.2) is 0 Å². The number of amides is 1. The zero-order chi connectivity index (χ0) is 10.4. The SMILES string of the molecule is CCC(=O)NCC1(CC)CNCCO1. The Morgan fingerprint density at radius 1 is 1.57 bits per heavy atom. The smallest absolute Gasteiger partial charge is 0.219 e. The average Bonchev–Trinajstić information content (AvgIpc) is 2.27. The van der Waals surface area contributed by atoms with Gasteiger partial charge in [-0.1, -0.05) is 13.8 Å². The minimum atomic E-state index is -0.191. The first-order chi connectivity index (χ1) is 6.72. The van der Waals surface area contributed by atoms with Crippen molar-refractivity contribution in [3.63, 3.8) is 0 Å². The molecule has 1 aliphatic rings. The lowest BCUT2D eigenvalue weighted by atomic mass is 9.99. The van der Waals surface area contributed by atoms with Gasteiger partial charge in [0.25, 0.3) is 0 Å². The molecule has 4 heteroatoms. The molecule has 0 saturated carbocycles. The normalized spacial score (nSPS) is 27.3. The number of ether oxygens (including phenoxy) is 1. The van der Waals surface area contributed by atoms with Crippen molar-refractivity contribution >= 4 is 5.91 Å². The number of hydrogen-bond donors (Lipinski definition) is 2. The lowest BCUT2D eigenvalue weighted by Crippen LogP contribution is -2.55. The Balaban J connectivity index is 2.39. The molecule has 0 aliphatic carbocycles. The summed E-state index contributed by atoms with van der Waals surface area (Å²) in [4.78, 5) is 11.1. The maximum absolute atomic E-state index is 11.1. The van der Waals surface area contributed by atoms with Crippen molar-refractivity contribution in [2.24, 2.45) is 0 Å². The molecule has 0 aromatic carbocycles. The number of carbonyl (C=O) groups is 1. The summed E-state index contributed by atoms with van der Waals surface area (Å²) in [6.07, 6.45) is 1.46. The summed E-state index contributed by atoms with van der Waals surface area (Å²) in [5.41, 5.74) is -0.191. The van der Waals surface area contributed by atoms with Gasteiger partial charge in [-0.05, 0) is 6.42 Å². The molecule has 0 aromatic heterocycles. The van der Waals surface area contributed by atoms with E-state index < -0.39 is 0 Å². The molecule has 0 bridgehead atoms. The second-order valence-corrected chi connectivity index (χ2v) is 3.69. The van der Waals surface area contributed by atoms with Gasteiger partial charge in [0.2, 0.25) is 5.91 Å². The molecule has 1 saturated heterocycles. The highest BCUT2D eigenvalue weighted by atomic mass is 16.5. The Morgan fingerprint density at radius 2 is 2.36 bits per heavy atom. The van der Waals surface area contributed by atoms with E-state index in [0.717, 1.165) is 26.1 Å². The summed E-state index contributed by atoms with van der Waals surface area (Å²) >= 11 is 0. The van der Waals surface area contributed by atoms with Crippen molar-refractivity contribution in [2.75, 3.05) is 26.2 Å². The molecule has 0 spiro atoms. The first-order valence-electron chi connectivity index (χ1n) is 5.34. The van der Waals surface area contributed by atoms with Gasteiger partial charge in [-0.3, -0.25) is 4.79 Å². The van der Waals surface area contributed by atoms with Crippen LogP contribution in [-0.2, 0) is 9.53 Å². The zero-order valence-corrected chi connectivity index (χ0v) is 9.06. The maximum Gasteiger partial charge on any atom is 0.219 e. The second kappa shape index (κ2) is 5.32. The van der Waals surface area contributed by atoms with Crippen LogP contribution in [0.3, 0.4) is 0 Å². The zero-order valence-electron chi connectivity index (χ0n) is 9.06. The van der Waals surface area contributed by atoms with Gasteiger partial charge in [0, 0.05) is 26.1 Å². The highest BCUT2D eigenvalue weighted by Crippen LogP contribution is 2.16. The van der Waals surface area contributed by atoms with E-state index in [4.69, 9.17) is 4.74 Å². The topological polar surface area (TPSA) is 50.4 Å². The monoisotopic (exact) mass is 200 g/mol. The fraction of sp³-hybridized carbons (Fsp3) is 0.900. The van der Waals surface area contributed by atoms with E-state index in [9.17, 15) is 4.79 Å². The third kappa shape index (κ3) is 2.96. The highest BCUT2D eigenvalue weighted by Gasteiger charge is 2.31. The molecule has 0 radical (unpaired) electrons. The molecule has 1 unspecified atom stereocenters. The van der Waals surface area contributed by atoms with Crippen LogP contribution in [0, 0.1) is 0 Å². The summed E-state index contributed by atoms with van der Waals surface area (Å²) in [6.45, 7) is 7.02. The molecule has 1 heterocycles. The van der Waals surface area contributed by atoms with Gasteiger partial charge in [0.15, 0.2) is 0 Å². The van der Waals surface area contributed by atoms with Crippen LogP contribution >= 0.6 is 0 Å². The van der Waals surface area contributed by atoms with Crippen LogP contribution in [0.2, 0.25) is 0 Å². The molecule has 0 aromatic rings. The van der Waals surface area contributed by atoms with Crippen molar-refractivity contribution in [1.29, 1.82) is 0 Å². The van der Waals surface area contributed by atoms with E-state index in [2.05, 4.69) is 17.6 Å². The van der Waals surface area contributed by atoms with Crippen LogP contribution in [-0.4, -0.2) is 37.7 Å². The van der Waals surface area contributed by atoms with Gasteiger partial charge in [-0.2, -0.15) is 0 Å². The Labute approximate surface area is 85.4 Å². The fourth-order valence-corrected chi connectivity index (χ4v) is 1.56. The quantitative estimate of drug-likeness (QED) is 0.685. The number of morpholine rings is 1. The van der Waals surface area contributed by atoms with Gasteiger partial charge >= 0.3 is 0 Å². The van der Waals surface area contributed by atoms with E-state index in [1.807, 2.05) is 6.92 Å². The van der Waals surface area contributed by atoms with Crippen LogP contribution < -0.4 is 10.6 Å². The molecule has 1 amide bonds. The third-order valence-corrected chi connectivity index (χ3v) is 2.71. The minimum absolute atomic E-state index is 0.0898. The lowest BCUT2D eigenvalue weighted by molar-refractivity contribution is -0.123. The van der Waals surface area contributed by atoms with Gasteiger partial charge < -0.3 is 15.4 Å². The Hall–Kier alpha value is -0.610.